The molecule has 2 heterocycles. The highest BCUT2D eigenvalue weighted by atomic mass is 35.5. The van der Waals surface area contributed by atoms with E-state index in [2.05, 4.69) is 10.3 Å². The lowest BCUT2D eigenvalue weighted by atomic mass is 9.97. The minimum Gasteiger partial charge on any atom is -0.480 e. The summed E-state index contributed by atoms with van der Waals surface area (Å²) >= 11 is 5.70. The molecule has 7 nitrogen and oxygen atoms in total. The molecule has 2 aromatic rings. The quantitative estimate of drug-likeness (QED) is 0.792. The highest BCUT2D eigenvalue weighted by molar-refractivity contribution is 7.89. The maximum absolute atomic E-state index is 13.3. The number of piperidine rings is 1. The number of anilines is 1. The fraction of sp³-hybridized carbons (Fsp3) is 0.333. The zero-order valence-corrected chi connectivity index (χ0v) is 16.6. The van der Waals surface area contributed by atoms with Crippen molar-refractivity contribution in [1.82, 2.24) is 9.29 Å². The molecule has 150 valence electrons. The molecular formula is C18H19ClFN3O4S. The van der Waals surface area contributed by atoms with Crippen molar-refractivity contribution in [1.29, 1.82) is 0 Å². The van der Waals surface area contributed by atoms with Gasteiger partial charge in [-0.05, 0) is 43.2 Å². The van der Waals surface area contributed by atoms with Crippen LogP contribution < -0.4 is 10.1 Å². The Hall–Kier alpha value is -2.23. The molecule has 1 saturated heterocycles. The Balaban J connectivity index is 1.65. The van der Waals surface area contributed by atoms with Gasteiger partial charge in [0.25, 0.3) is 0 Å². The second kappa shape index (κ2) is 8.42. The van der Waals surface area contributed by atoms with Gasteiger partial charge >= 0.3 is 0 Å². The molecular weight excluding hydrogens is 409 g/mol. The molecule has 1 N–H and O–H groups in total. The van der Waals surface area contributed by atoms with Gasteiger partial charge in [0.2, 0.25) is 21.8 Å². The summed E-state index contributed by atoms with van der Waals surface area (Å²) in [6.07, 6.45) is 2.28. The second-order valence-electron chi connectivity index (χ2n) is 6.30. The number of halogens is 2. The molecule has 28 heavy (non-hydrogen) atoms. The van der Waals surface area contributed by atoms with Gasteiger partial charge < -0.3 is 10.1 Å². The van der Waals surface area contributed by atoms with E-state index < -0.39 is 15.8 Å². The summed E-state index contributed by atoms with van der Waals surface area (Å²) in [6, 6.07) is 6.67. The number of rotatable bonds is 5. The van der Waals surface area contributed by atoms with Crippen molar-refractivity contribution < 1.29 is 22.3 Å². The maximum Gasteiger partial charge on any atom is 0.243 e. The van der Waals surface area contributed by atoms with E-state index in [1.54, 1.807) is 18.3 Å². The number of nitrogens with zero attached hydrogens (tertiary/aromatic N) is 2. The molecule has 0 bridgehead atoms. The van der Waals surface area contributed by atoms with Crippen molar-refractivity contribution in [3.05, 3.63) is 47.4 Å². The molecule has 1 amide bonds. The minimum absolute atomic E-state index is 0.0677. The van der Waals surface area contributed by atoms with Crippen LogP contribution in [0.3, 0.4) is 0 Å². The van der Waals surface area contributed by atoms with Crippen molar-refractivity contribution in [3.63, 3.8) is 0 Å². The first-order chi connectivity index (χ1) is 13.3. The summed E-state index contributed by atoms with van der Waals surface area (Å²) in [5.74, 6) is -0.924. The van der Waals surface area contributed by atoms with Crippen LogP contribution in [-0.2, 0) is 14.8 Å². The molecule has 0 radical (unpaired) electrons. The van der Waals surface area contributed by atoms with Crippen LogP contribution in [0.5, 0.6) is 5.88 Å². The number of hydrogen-bond donors (Lipinski definition) is 1. The Morgan fingerprint density at radius 2 is 2.04 bits per heavy atom. The summed E-state index contributed by atoms with van der Waals surface area (Å²) in [5.41, 5.74) is 0.464. The van der Waals surface area contributed by atoms with E-state index in [1.165, 1.54) is 17.5 Å². The van der Waals surface area contributed by atoms with Gasteiger partial charge in [-0.2, -0.15) is 4.31 Å². The molecule has 1 aliphatic rings. The third-order valence-electron chi connectivity index (χ3n) is 4.58. The topological polar surface area (TPSA) is 88.6 Å². The summed E-state index contributed by atoms with van der Waals surface area (Å²) in [6.45, 7) is 0.360. The number of nitrogens with one attached hydrogen (secondary N) is 1. The number of sulfonamides is 1. The van der Waals surface area contributed by atoms with Gasteiger partial charge in [0.05, 0.1) is 17.0 Å². The molecule has 1 aromatic carbocycles. The summed E-state index contributed by atoms with van der Waals surface area (Å²) < 4.78 is 45.1. The van der Waals surface area contributed by atoms with Gasteiger partial charge in [-0.3, -0.25) is 4.79 Å². The standard InChI is InChI=1S/C18H19ClFN3O4S/c1-27-18-16(3-2-8-21-18)22-17(24)12-6-9-23(10-7-12)28(25,26)13-4-5-15(20)14(19)11-13/h2-5,8,11-12H,6-7,9-10H2,1H3,(H,22,24). The first-order valence-electron chi connectivity index (χ1n) is 8.58. The summed E-state index contributed by atoms with van der Waals surface area (Å²) in [5, 5.41) is 2.53. The summed E-state index contributed by atoms with van der Waals surface area (Å²) in [4.78, 5) is 16.5. The van der Waals surface area contributed by atoms with Crippen molar-refractivity contribution in [2.45, 2.75) is 17.7 Å². The van der Waals surface area contributed by atoms with Gasteiger partial charge in [0, 0.05) is 25.2 Å². The number of aromatic nitrogens is 1. The average molecular weight is 428 g/mol. The number of pyridine rings is 1. The normalized spacial score (nSPS) is 16.0. The molecule has 1 aliphatic heterocycles. The van der Waals surface area contributed by atoms with Gasteiger partial charge in [-0.1, -0.05) is 11.6 Å². The predicted octanol–water partition coefficient (Wildman–Crippen LogP) is 2.92. The largest absolute Gasteiger partial charge is 0.480 e. The van der Waals surface area contributed by atoms with Crippen LogP contribution in [-0.4, -0.2) is 43.8 Å². The molecule has 1 fully saturated rings. The Kier molecular flexibility index (Phi) is 6.17. The van der Waals surface area contributed by atoms with E-state index in [-0.39, 0.29) is 34.8 Å². The smallest absolute Gasteiger partial charge is 0.243 e. The van der Waals surface area contributed by atoms with E-state index in [1.807, 2.05) is 0 Å². The fourth-order valence-corrected chi connectivity index (χ4v) is 4.77. The van der Waals surface area contributed by atoms with E-state index in [9.17, 15) is 17.6 Å². The van der Waals surface area contributed by atoms with Gasteiger partial charge in [0.1, 0.15) is 11.5 Å². The number of methoxy groups -OCH3 is 1. The van der Waals surface area contributed by atoms with Crippen LogP contribution in [0.15, 0.2) is 41.4 Å². The lowest BCUT2D eigenvalue weighted by Crippen LogP contribution is -2.41. The van der Waals surface area contributed by atoms with E-state index in [0.29, 0.717) is 24.4 Å². The third-order valence-corrected chi connectivity index (χ3v) is 6.76. The molecule has 0 spiro atoms. The number of benzene rings is 1. The number of carbonyl (C=O) groups is 1. The molecule has 10 heteroatoms. The average Bonchev–Trinajstić information content (AvgIpc) is 2.70. The van der Waals surface area contributed by atoms with Gasteiger partial charge in [-0.25, -0.2) is 17.8 Å². The SMILES string of the molecule is COc1ncccc1NC(=O)C1CCN(S(=O)(=O)c2ccc(F)c(Cl)c2)CC1. The lowest BCUT2D eigenvalue weighted by molar-refractivity contribution is -0.120. The van der Waals surface area contributed by atoms with Crippen molar-refractivity contribution in [3.8, 4) is 5.88 Å². The highest BCUT2D eigenvalue weighted by Gasteiger charge is 2.32. The minimum atomic E-state index is -3.80. The van der Waals surface area contributed by atoms with Crippen molar-refractivity contribution in [2.24, 2.45) is 5.92 Å². The van der Waals surface area contributed by atoms with Crippen LogP contribution in [0.4, 0.5) is 10.1 Å². The zero-order chi connectivity index (χ0) is 20.3. The number of hydrogen-bond acceptors (Lipinski definition) is 5. The molecule has 1 aromatic heterocycles. The summed E-state index contributed by atoms with van der Waals surface area (Å²) in [7, 11) is -2.34. The first kappa shape index (κ1) is 20.5. The molecule has 0 aliphatic carbocycles. The Bertz CT molecular complexity index is 979. The monoisotopic (exact) mass is 427 g/mol. The van der Waals surface area contributed by atoms with Crippen LogP contribution >= 0.6 is 11.6 Å². The Morgan fingerprint density at radius 3 is 2.68 bits per heavy atom. The van der Waals surface area contributed by atoms with Crippen LogP contribution in [0.1, 0.15) is 12.8 Å². The maximum atomic E-state index is 13.3. The number of amides is 1. The van der Waals surface area contributed by atoms with Gasteiger partial charge in [0.15, 0.2) is 0 Å². The third kappa shape index (κ3) is 4.26. The molecule has 3 rings (SSSR count). The van der Waals surface area contributed by atoms with Crippen LogP contribution in [0, 0.1) is 11.7 Å². The molecule has 0 unspecified atom stereocenters. The van der Waals surface area contributed by atoms with Crippen LogP contribution in [0.25, 0.3) is 0 Å². The predicted molar refractivity (Wildman–Crippen MR) is 102 cm³/mol. The van der Waals surface area contributed by atoms with E-state index >= 15 is 0 Å². The molecule has 0 atom stereocenters. The second-order valence-corrected chi connectivity index (χ2v) is 8.65. The fourth-order valence-electron chi connectivity index (χ4n) is 3.03. The first-order valence-corrected chi connectivity index (χ1v) is 10.4. The van der Waals surface area contributed by atoms with Crippen LogP contribution in [0.2, 0.25) is 5.02 Å². The number of carbonyl (C=O) groups excluding carboxylic acids is 1. The van der Waals surface area contributed by atoms with E-state index in [4.69, 9.17) is 16.3 Å². The lowest BCUT2D eigenvalue weighted by Gasteiger charge is -2.30. The zero-order valence-electron chi connectivity index (χ0n) is 15.1. The highest BCUT2D eigenvalue weighted by Crippen LogP contribution is 2.28. The Morgan fingerprint density at radius 1 is 1.32 bits per heavy atom. The van der Waals surface area contributed by atoms with E-state index in [0.717, 1.165) is 12.1 Å². The number of ether oxygens (including phenoxy) is 1. The van der Waals surface area contributed by atoms with Crippen molar-refractivity contribution >= 4 is 33.2 Å². The Labute approximate surface area is 167 Å². The molecule has 0 saturated carbocycles. The van der Waals surface area contributed by atoms with Crippen molar-refractivity contribution in [2.75, 3.05) is 25.5 Å². The van der Waals surface area contributed by atoms with Gasteiger partial charge in [-0.15, -0.1) is 0 Å².